The van der Waals surface area contributed by atoms with Gasteiger partial charge in [0, 0.05) is 18.8 Å². The van der Waals surface area contributed by atoms with Crippen LogP contribution in [-0.2, 0) is 10.0 Å². The lowest BCUT2D eigenvalue weighted by atomic mass is 10.2. The van der Waals surface area contributed by atoms with Crippen molar-refractivity contribution in [3.05, 3.63) is 47.9 Å². The molecular weight excluding hydrogens is 316 g/mol. The number of carbonyl (C=O) groups is 1. The molecule has 2 aromatic rings. The Bertz CT molecular complexity index is 792. The lowest BCUT2D eigenvalue weighted by molar-refractivity contribution is 0.102. The van der Waals surface area contributed by atoms with Crippen LogP contribution in [0.25, 0.3) is 0 Å². The summed E-state index contributed by atoms with van der Waals surface area (Å²) in [5, 5.41) is 2.71. The van der Waals surface area contributed by atoms with Gasteiger partial charge in [-0.25, -0.2) is 8.42 Å². The molecule has 0 aliphatic rings. The Morgan fingerprint density at radius 3 is 2.26 bits per heavy atom. The van der Waals surface area contributed by atoms with Gasteiger partial charge in [-0.15, -0.1) is 0 Å². The number of carbonyl (C=O) groups excluding carboxylic acids is 1. The second-order valence-electron chi connectivity index (χ2n) is 5.48. The van der Waals surface area contributed by atoms with Crippen LogP contribution in [0.1, 0.15) is 30.0 Å². The molecule has 124 valence electrons. The average molecular weight is 336 g/mol. The Kier molecular flexibility index (Phi) is 4.91. The summed E-state index contributed by atoms with van der Waals surface area (Å²) < 4.78 is 31.1. The van der Waals surface area contributed by atoms with Gasteiger partial charge < -0.3 is 9.73 Å². The molecule has 0 bridgehead atoms. The maximum Gasteiger partial charge on any atom is 0.259 e. The summed E-state index contributed by atoms with van der Waals surface area (Å²) in [5.41, 5.74) is 0.961. The van der Waals surface area contributed by atoms with Gasteiger partial charge in [0.05, 0.1) is 16.7 Å². The highest BCUT2D eigenvalue weighted by Gasteiger charge is 2.23. The summed E-state index contributed by atoms with van der Waals surface area (Å²) in [6.07, 6.45) is 1.45. The number of hydrogen-bond donors (Lipinski definition) is 1. The van der Waals surface area contributed by atoms with Gasteiger partial charge in [-0.1, -0.05) is 0 Å². The first-order valence-corrected chi connectivity index (χ1v) is 8.61. The minimum atomic E-state index is -3.53. The standard InChI is InChI=1S/C16H20N2O4S/c1-11(2)18(4)23(20,21)14-7-5-13(6-8-14)17-16(19)15-9-10-22-12(15)3/h5-11H,1-4H3,(H,17,19). The number of anilines is 1. The molecule has 0 aliphatic carbocycles. The number of rotatable bonds is 5. The Labute approximate surface area is 136 Å². The van der Waals surface area contributed by atoms with Gasteiger partial charge in [-0.3, -0.25) is 4.79 Å². The lowest BCUT2D eigenvalue weighted by Crippen LogP contribution is -2.33. The molecule has 1 N–H and O–H groups in total. The van der Waals surface area contributed by atoms with Crippen molar-refractivity contribution >= 4 is 21.6 Å². The second kappa shape index (κ2) is 6.55. The zero-order valence-electron chi connectivity index (χ0n) is 13.5. The Morgan fingerprint density at radius 1 is 1.17 bits per heavy atom. The second-order valence-corrected chi connectivity index (χ2v) is 7.48. The normalized spacial score (nSPS) is 11.9. The lowest BCUT2D eigenvalue weighted by Gasteiger charge is -2.21. The number of sulfonamides is 1. The van der Waals surface area contributed by atoms with E-state index in [-0.39, 0.29) is 16.8 Å². The van der Waals surface area contributed by atoms with E-state index in [0.717, 1.165) is 0 Å². The minimum absolute atomic E-state index is 0.136. The van der Waals surface area contributed by atoms with E-state index in [1.165, 1.54) is 29.7 Å². The number of aryl methyl sites for hydroxylation is 1. The number of amides is 1. The summed E-state index contributed by atoms with van der Waals surface area (Å²) in [6.45, 7) is 5.31. The van der Waals surface area contributed by atoms with Crippen LogP contribution in [0.3, 0.4) is 0 Å². The van der Waals surface area contributed by atoms with Crippen molar-refractivity contribution in [2.45, 2.75) is 31.7 Å². The van der Waals surface area contributed by atoms with E-state index in [4.69, 9.17) is 4.42 Å². The van der Waals surface area contributed by atoms with E-state index in [1.54, 1.807) is 39.0 Å². The van der Waals surface area contributed by atoms with Crippen LogP contribution in [0.15, 0.2) is 45.9 Å². The topological polar surface area (TPSA) is 79.6 Å². The molecule has 1 aromatic heterocycles. The molecule has 1 aromatic carbocycles. The largest absolute Gasteiger partial charge is 0.469 e. The van der Waals surface area contributed by atoms with Gasteiger partial charge in [0.25, 0.3) is 5.91 Å². The fourth-order valence-electron chi connectivity index (χ4n) is 1.97. The highest BCUT2D eigenvalue weighted by molar-refractivity contribution is 7.89. The van der Waals surface area contributed by atoms with Gasteiger partial charge in [-0.05, 0) is 51.1 Å². The maximum absolute atomic E-state index is 12.4. The molecular formula is C16H20N2O4S. The third-order valence-corrected chi connectivity index (χ3v) is 5.67. The third kappa shape index (κ3) is 3.62. The number of furan rings is 1. The van der Waals surface area contributed by atoms with E-state index in [0.29, 0.717) is 17.0 Å². The molecule has 0 saturated carbocycles. The summed E-state index contributed by atoms with van der Waals surface area (Å²) in [4.78, 5) is 12.3. The first-order valence-electron chi connectivity index (χ1n) is 7.17. The van der Waals surface area contributed by atoms with Gasteiger partial charge in [0.1, 0.15) is 5.76 Å². The van der Waals surface area contributed by atoms with Gasteiger partial charge in [-0.2, -0.15) is 4.31 Å². The Balaban J connectivity index is 2.17. The average Bonchev–Trinajstić information content (AvgIpc) is 2.93. The molecule has 0 spiro atoms. The predicted octanol–water partition coefficient (Wildman–Crippen LogP) is 2.87. The molecule has 6 nitrogen and oxygen atoms in total. The molecule has 1 heterocycles. The van der Waals surface area contributed by atoms with Gasteiger partial charge >= 0.3 is 0 Å². The molecule has 0 radical (unpaired) electrons. The first kappa shape index (κ1) is 17.2. The van der Waals surface area contributed by atoms with E-state index in [1.807, 2.05) is 0 Å². The molecule has 0 unspecified atom stereocenters. The molecule has 23 heavy (non-hydrogen) atoms. The molecule has 0 aliphatic heterocycles. The van der Waals surface area contributed by atoms with Crippen LogP contribution in [-0.4, -0.2) is 31.7 Å². The zero-order valence-corrected chi connectivity index (χ0v) is 14.3. The molecule has 0 fully saturated rings. The van der Waals surface area contributed by atoms with E-state index < -0.39 is 10.0 Å². The molecule has 0 saturated heterocycles. The molecule has 2 rings (SSSR count). The van der Waals surface area contributed by atoms with Crippen LogP contribution in [0.4, 0.5) is 5.69 Å². The zero-order chi connectivity index (χ0) is 17.2. The first-order chi connectivity index (χ1) is 10.7. The SMILES string of the molecule is Cc1occc1C(=O)Nc1ccc(S(=O)(=O)N(C)C(C)C)cc1. The molecule has 0 atom stereocenters. The summed E-state index contributed by atoms with van der Waals surface area (Å²) >= 11 is 0. The number of hydrogen-bond acceptors (Lipinski definition) is 4. The predicted molar refractivity (Wildman–Crippen MR) is 87.9 cm³/mol. The van der Waals surface area contributed by atoms with Crippen molar-refractivity contribution in [2.75, 3.05) is 12.4 Å². The fourth-order valence-corrected chi connectivity index (χ4v) is 3.34. The summed E-state index contributed by atoms with van der Waals surface area (Å²) in [5.74, 6) is 0.228. The number of nitrogens with zero attached hydrogens (tertiary/aromatic N) is 1. The van der Waals surface area contributed by atoms with Crippen LogP contribution >= 0.6 is 0 Å². The third-order valence-electron chi connectivity index (χ3n) is 3.62. The Morgan fingerprint density at radius 2 is 1.78 bits per heavy atom. The van der Waals surface area contributed by atoms with Crippen LogP contribution < -0.4 is 5.32 Å². The highest BCUT2D eigenvalue weighted by Crippen LogP contribution is 2.20. The van der Waals surface area contributed by atoms with Crippen LogP contribution in [0.5, 0.6) is 0 Å². The van der Waals surface area contributed by atoms with Crippen LogP contribution in [0.2, 0.25) is 0 Å². The minimum Gasteiger partial charge on any atom is -0.469 e. The molecule has 1 amide bonds. The highest BCUT2D eigenvalue weighted by atomic mass is 32.2. The van der Waals surface area contributed by atoms with Crippen LogP contribution in [0, 0.1) is 6.92 Å². The van der Waals surface area contributed by atoms with Crippen molar-refractivity contribution in [3.8, 4) is 0 Å². The van der Waals surface area contributed by atoms with Crippen molar-refractivity contribution in [3.63, 3.8) is 0 Å². The van der Waals surface area contributed by atoms with Gasteiger partial charge in [0.15, 0.2) is 0 Å². The van der Waals surface area contributed by atoms with Crippen molar-refractivity contribution < 1.29 is 17.6 Å². The van der Waals surface area contributed by atoms with E-state index in [9.17, 15) is 13.2 Å². The maximum atomic E-state index is 12.4. The smallest absolute Gasteiger partial charge is 0.259 e. The van der Waals surface area contributed by atoms with E-state index >= 15 is 0 Å². The monoisotopic (exact) mass is 336 g/mol. The summed E-state index contributed by atoms with van der Waals surface area (Å²) in [6, 6.07) is 7.53. The molecule has 7 heteroatoms. The van der Waals surface area contributed by atoms with Crippen molar-refractivity contribution in [2.24, 2.45) is 0 Å². The fraction of sp³-hybridized carbons (Fsp3) is 0.312. The van der Waals surface area contributed by atoms with Crippen molar-refractivity contribution in [1.29, 1.82) is 0 Å². The number of nitrogens with one attached hydrogen (secondary N) is 1. The summed E-state index contributed by atoms with van der Waals surface area (Å²) in [7, 11) is -1.99. The number of benzene rings is 1. The Hall–Kier alpha value is -2.12. The van der Waals surface area contributed by atoms with Gasteiger partial charge in [0.2, 0.25) is 10.0 Å². The van der Waals surface area contributed by atoms with Crippen molar-refractivity contribution in [1.82, 2.24) is 4.31 Å². The quantitative estimate of drug-likeness (QED) is 0.910. The van der Waals surface area contributed by atoms with E-state index in [2.05, 4.69) is 5.32 Å².